The number of fused-ring (bicyclic) bond motifs is 1. The first kappa shape index (κ1) is 12.2. The number of nitrogens with zero attached hydrogens (tertiary/aromatic N) is 1. The molecule has 2 nitrogen and oxygen atoms in total. The molecule has 2 aromatic rings. The molecule has 0 saturated heterocycles. The number of hydrogen-bond acceptors (Lipinski definition) is 1. The van der Waals surface area contributed by atoms with Crippen LogP contribution in [0.3, 0.4) is 0 Å². The van der Waals surface area contributed by atoms with Gasteiger partial charge in [0.1, 0.15) is 0 Å². The number of nitrogens with one attached hydrogen (secondary N) is 1. The highest BCUT2D eigenvalue weighted by atomic mass is 14.9. The maximum atomic E-state index is 3.50. The van der Waals surface area contributed by atoms with Crippen LogP contribution in [0.2, 0.25) is 0 Å². The third kappa shape index (κ3) is 2.22. The lowest BCUT2D eigenvalue weighted by Gasteiger charge is -2.09. The van der Waals surface area contributed by atoms with E-state index >= 15 is 0 Å². The van der Waals surface area contributed by atoms with Crippen LogP contribution in [0.1, 0.15) is 30.2 Å². The van der Waals surface area contributed by atoms with Crippen molar-refractivity contribution in [3.8, 4) is 0 Å². The van der Waals surface area contributed by atoms with Crippen molar-refractivity contribution >= 4 is 10.9 Å². The lowest BCUT2D eigenvalue weighted by molar-refractivity contribution is 0.676. The van der Waals surface area contributed by atoms with E-state index < -0.39 is 0 Å². The Morgan fingerprint density at radius 1 is 1.24 bits per heavy atom. The Morgan fingerprint density at radius 2 is 2.00 bits per heavy atom. The summed E-state index contributed by atoms with van der Waals surface area (Å²) in [5.41, 5.74) is 5.48. The minimum Gasteiger partial charge on any atom is -0.348 e. The average molecular weight is 230 g/mol. The molecule has 0 unspecified atom stereocenters. The summed E-state index contributed by atoms with van der Waals surface area (Å²) in [4.78, 5) is 0. The van der Waals surface area contributed by atoms with Gasteiger partial charge in [-0.2, -0.15) is 0 Å². The van der Waals surface area contributed by atoms with Gasteiger partial charge in [0.05, 0.1) is 0 Å². The second kappa shape index (κ2) is 4.92. The van der Waals surface area contributed by atoms with Crippen LogP contribution in [0.15, 0.2) is 18.2 Å². The molecule has 0 aliphatic carbocycles. The van der Waals surface area contributed by atoms with Crippen LogP contribution in [0.25, 0.3) is 10.9 Å². The third-order valence-electron chi connectivity index (χ3n) is 3.54. The Balaban J connectivity index is 2.44. The molecule has 0 radical (unpaired) electrons. The van der Waals surface area contributed by atoms with Crippen molar-refractivity contribution in [1.29, 1.82) is 0 Å². The van der Waals surface area contributed by atoms with E-state index in [9.17, 15) is 0 Å². The van der Waals surface area contributed by atoms with Gasteiger partial charge in [-0.25, -0.2) is 0 Å². The number of benzene rings is 1. The summed E-state index contributed by atoms with van der Waals surface area (Å²) in [6.45, 7) is 8.62. The van der Waals surface area contributed by atoms with Crippen LogP contribution < -0.4 is 5.32 Å². The van der Waals surface area contributed by atoms with Crippen molar-refractivity contribution in [1.82, 2.24) is 9.88 Å². The molecule has 0 spiro atoms. The maximum absolute atomic E-state index is 3.50. The van der Waals surface area contributed by atoms with E-state index in [1.807, 2.05) is 0 Å². The summed E-state index contributed by atoms with van der Waals surface area (Å²) in [5, 5.41) is 4.90. The molecule has 1 aromatic carbocycles. The van der Waals surface area contributed by atoms with Gasteiger partial charge < -0.3 is 9.88 Å². The third-order valence-corrected chi connectivity index (χ3v) is 3.54. The monoisotopic (exact) mass is 230 g/mol. The summed E-state index contributed by atoms with van der Waals surface area (Å²) in [5.74, 6) is 0. The SMILES string of the molecule is CCCNCc1c(C)ccc2c1cc(C)n2C. The van der Waals surface area contributed by atoms with Crippen molar-refractivity contribution in [2.45, 2.75) is 33.7 Å². The molecule has 0 atom stereocenters. The maximum Gasteiger partial charge on any atom is 0.0483 e. The van der Waals surface area contributed by atoms with Gasteiger partial charge in [0.25, 0.3) is 0 Å². The zero-order valence-corrected chi connectivity index (χ0v) is 11.3. The fourth-order valence-electron chi connectivity index (χ4n) is 2.34. The molecule has 0 fully saturated rings. The van der Waals surface area contributed by atoms with Gasteiger partial charge in [0.15, 0.2) is 0 Å². The first-order chi connectivity index (χ1) is 8.15. The van der Waals surface area contributed by atoms with E-state index in [1.54, 1.807) is 0 Å². The zero-order chi connectivity index (χ0) is 12.4. The molecular weight excluding hydrogens is 208 g/mol. The highest BCUT2D eigenvalue weighted by Gasteiger charge is 2.08. The van der Waals surface area contributed by atoms with Gasteiger partial charge in [-0.3, -0.25) is 0 Å². The fourth-order valence-corrected chi connectivity index (χ4v) is 2.34. The van der Waals surface area contributed by atoms with E-state index in [1.165, 1.54) is 34.1 Å². The molecule has 2 rings (SSSR count). The van der Waals surface area contributed by atoms with Crippen LogP contribution in [0.4, 0.5) is 0 Å². The van der Waals surface area contributed by atoms with Crippen LogP contribution in [0, 0.1) is 13.8 Å². The minimum absolute atomic E-state index is 0.973. The quantitative estimate of drug-likeness (QED) is 0.797. The van der Waals surface area contributed by atoms with Crippen molar-refractivity contribution < 1.29 is 0 Å². The van der Waals surface area contributed by atoms with Crippen molar-refractivity contribution in [2.24, 2.45) is 7.05 Å². The lowest BCUT2D eigenvalue weighted by atomic mass is 10.0. The number of rotatable bonds is 4. The second-order valence-corrected chi connectivity index (χ2v) is 4.82. The summed E-state index contributed by atoms with van der Waals surface area (Å²) < 4.78 is 2.26. The van der Waals surface area contributed by atoms with Gasteiger partial charge >= 0.3 is 0 Å². The smallest absolute Gasteiger partial charge is 0.0483 e. The van der Waals surface area contributed by atoms with Gasteiger partial charge in [-0.05, 0) is 50.1 Å². The predicted octanol–water partition coefficient (Wildman–Crippen LogP) is 3.29. The fraction of sp³-hybridized carbons (Fsp3) is 0.467. The Hall–Kier alpha value is -1.28. The van der Waals surface area contributed by atoms with E-state index in [0.717, 1.165) is 13.1 Å². The second-order valence-electron chi connectivity index (χ2n) is 4.82. The number of hydrogen-bond donors (Lipinski definition) is 1. The Bertz CT molecular complexity index is 523. The first-order valence-electron chi connectivity index (χ1n) is 6.40. The normalized spacial score (nSPS) is 11.3. The highest BCUT2D eigenvalue weighted by molar-refractivity contribution is 5.85. The van der Waals surface area contributed by atoms with Gasteiger partial charge in [0, 0.05) is 30.2 Å². The standard InChI is InChI=1S/C15H22N2/c1-5-8-16-10-14-11(2)6-7-15-13(14)9-12(3)17(15)4/h6-7,9,16H,5,8,10H2,1-4H3. The molecule has 17 heavy (non-hydrogen) atoms. The van der Waals surface area contributed by atoms with E-state index in [0.29, 0.717) is 0 Å². The average Bonchev–Trinajstić information content (AvgIpc) is 2.59. The first-order valence-corrected chi connectivity index (χ1v) is 6.40. The summed E-state index contributed by atoms with van der Waals surface area (Å²) in [6, 6.07) is 6.75. The number of aromatic nitrogens is 1. The lowest BCUT2D eigenvalue weighted by Crippen LogP contribution is -2.14. The highest BCUT2D eigenvalue weighted by Crippen LogP contribution is 2.25. The Kier molecular flexibility index (Phi) is 3.53. The molecule has 0 bridgehead atoms. The molecule has 2 heteroatoms. The van der Waals surface area contributed by atoms with Crippen molar-refractivity contribution in [2.75, 3.05) is 6.54 Å². The molecule has 1 aromatic heterocycles. The molecule has 1 N–H and O–H groups in total. The largest absolute Gasteiger partial charge is 0.348 e. The Morgan fingerprint density at radius 3 is 2.71 bits per heavy atom. The minimum atomic E-state index is 0.973. The molecular formula is C15H22N2. The molecule has 0 aliphatic heterocycles. The van der Waals surface area contributed by atoms with Gasteiger partial charge in [-0.1, -0.05) is 13.0 Å². The zero-order valence-electron chi connectivity index (χ0n) is 11.3. The summed E-state index contributed by atoms with van der Waals surface area (Å²) >= 11 is 0. The van der Waals surface area contributed by atoms with Crippen LogP contribution in [-0.4, -0.2) is 11.1 Å². The Labute approximate surface area is 104 Å². The van der Waals surface area contributed by atoms with Gasteiger partial charge in [0.2, 0.25) is 0 Å². The van der Waals surface area contributed by atoms with Crippen LogP contribution in [-0.2, 0) is 13.6 Å². The predicted molar refractivity (Wildman–Crippen MR) is 74.4 cm³/mol. The van der Waals surface area contributed by atoms with E-state index in [4.69, 9.17) is 0 Å². The van der Waals surface area contributed by atoms with Crippen molar-refractivity contribution in [3.05, 3.63) is 35.0 Å². The molecule has 0 aliphatic rings. The van der Waals surface area contributed by atoms with E-state index in [-0.39, 0.29) is 0 Å². The molecule has 1 heterocycles. The molecule has 92 valence electrons. The topological polar surface area (TPSA) is 17.0 Å². The summed E-state index contributed by atoms with van der Waals surface area (Å²) in [6.07, 6.45) is 1.18. The van der Waals surface area contributed by atoms with Crippen LogP contribution >= 0.6 is 0 Å². The molecule has 0 amide bonds. The van der Waals surface area contributed by atoms with E-state index in [2.05, 4.69) is 55.9 Å². The molecule has 0 saturated carbocycles. The summed E-state index contributed by atoms with van der Waals surface area (Å²) in [7, 11) is 2.14. The van der Waals surface area contributed by atoms with Crippen molar-refractivity contribution in [3.63, 3.8) is 0 Å². The number of aryl methyl sites for hydroxylation is 3. The van der Waals surface area contributed by atoms with Crippen LogP contribution in [0.5, 0.6) is 0 Å². The van der Waals surface area contributed by atoms with Gasteiger partial charge in [-0.15, -0.1) is 0 Å².